The Kier molecular flexibility index (Phi) is 2.98. The smallest absolute Gasteiger partial charge is 0.252 e. The molecular formula is C11H17N3O. The molecule has 0 fully saturated rings. The molecule has 1 aromatic heterocycles. The molecule has 4 heteroatoms. The Morgan fingerprint density at radius 3 is 2.13 bits per heavy atom. The molecule has 0 spiro atoms. The second-order valence-electron chi connectivity index (χ2n) is 3.90. The minimum absolute atomic E-state index is 0.424. The number of hydrogen-bond acceptors (Lipinski definition) is 3. The Hall–Kier alpha value is -1.58. The van der Waals surface area contributed by atoms with Crippen molar-refractivity contribution in [1.29, 1.82) is 0 Å². The van der Waals surface area contributed by atoms with E-state index in [1.165, 1.54) is 0 Å². The van der Waals surface area contributed by atoms with E-state index < -0.39 is 5.91 Å². The maximum Gasteiger partial charge on any atom is 0.252 e. The number of primary amides is 1. The Labute approximate surface area is 90.1 Å². The Morgan fingerprint density at radius 2 is 1.73 bits per heavy atom. The molecule has 2 N–H and O–H groups in total. The first-order valence-electron chi connectivity index (χ1n) is 4.81. The van der Waals surface area contributed by atoms with Gasteiger partial charge in [-0.2, -0.15) is 0 Å². The van der Waals surface area contributed by atoms with Crippen LogP contribution < -0.4 is 10.6 Å². The molecule has 0 saturated heterocycles. The van der Waals surface area contributed by atoms with Gasteiger partial charge in [0.2, 0.25) is 0 Å². The number of amides is 1. The van der Waals surface area contributed by atoms with Gasteiger partial charge in [0.05, 0.1) is 5.56 Å². The summed E-state index contributed by atoms with van der Waals surface area (Å²) >= 11 is 0. The molecule has 0 bridgehead atoms. The van der Waals surface area contributed by atoms with E-state index in [1.807, 2.05) is 34.9 Å². The average molecular weight is 207 g/mol. The highest BCUT2D eigenvalue weighted by Gasteiger charge is 2.17. The molecule has 0 radical (unpaired) electrons. The lowest BCUT2D eigenvalue weighted by molar-refractivity contribution is 0.1000. The largest absolute Gasteiger partial charge is 0.365 e. The van der Waals surface area contributed by atoms with Crippen LogP contribution in [0.4, 0.5) is 5.82 Å². The van der Waals surface area contributed by atoms with Gasteiger partial charge in [0, 0.05) is 19.8 Å². The summed E-state index contributed by atoms with van der Waals surface area (Å²) in [7, 11) is 3.70. The predicted octanol–water partition coefficient (Wildman–Crippen LogP) is 1.17. The van der Waals surface area contributed by atoms with Crippen molar-refractivity contribution < 1.29 is 4.79 Å². The number of anilines is 1. The number of aromatic nitrogens is 1. The van der Waals surface area contributed by atoms with E-state index in [9.17, 15) is 4.79 Å². The van der Waals surface area contributed by atoms with Crippen molar-refractivity contribution in [3.8, 4) is 0 Å². The van der Waals surface area contributed by atoms with E-state index in [1.54, 1.807) is 4.90 Å². The number of pyridine rings is 1. The third-order valence-electron chi connectivity index (χ3n) is 2.65. The van der Waals surface area contributed by atoms with E-state index in [0.29, 0.717) is 11.4 Å². The van der Waals surface area contributed by atoms with Crippen LogP contribution in [0.5, 0.6) is 0 Å². The van der Waals surface area contributed by atoms with Crippen LogP contribution in [0.25, 0.3) is 0 Å². The van der Waals surface area contributed by atoms with Crippen LogP contribution in [0, 0.1) is 20.8 Å². The maximum atomic E-state index is 11.4. The van der Waals surface area contributed by atoms with Crippen LogP contribution in [-0.4, -0.2) is 25.0 Å². The third-order valence-corrected chi connectivity index (χ3v) is 2.65. The molecule has 4 nitrogen and oxygen atoms in total. The van der Waals surface area contributed by atoms with Crippen LogP contribution in [0.2, 0.25) is 0 Å². The molecule has 1 amide bonds. The number of nitrogens with zero attached hydrogens (tertiary/aromatic N) is 2. The second kappa shape index (κ2) is 3.88. The van der Waals surface area contributed by atoms with Crippen molar-refractivity contribution >= 4 is 11.7 Å². The highest BCUT2D eigenvalue weighted by molar-refractivity contribution is 5.99. The standard InChI is InChI=1S/C11H17N3O/c1-6-7(2)9(10(12)15)11(14(4)5)13-8(6)3/h1-5H3,(H2,12,15). The lowest BCUT2D eigenvalue weighted by atomic mass is 10.0. The number of aryl methyl sites for hydroxylation is 1. The summed E-state index contributed by atoms with van der Waals surface area (Å²) in [6.45, 7) is 5.78. The van der Waals surface area contributed by atoms with E-state index >= 15 is 0 Å². The van der Waals surface area contributed by atoms with Gasteiger partial charge < -0.3 is 10.6 Å². The summed E-state index contributed by atoms with van der Waals surface area (Å²) in [5.74, 6) is 0.218. The van der Waals surface area contributed by atoms with Crippen LogP contribution >= 0.6 is 0 Å². The summed E-state index contributed by atoms with van der Waals surface area (Å²) in [4.78, 5) is 17.6. The summed E-state index contributed by atoms with van der Waals surface area (Å²) in [6, 6.07) is 0. The fraction of sp³-hybridized carbons (Fsp3) is 0.455. The number of nitrogens with two attached hydrogens (primary N) is 1. The van der Waals surface area contributed by atoms with Crippen molar-refractivity contribution in [2.75, 3.05) is 19.0 Å². The number of rotatable bonds is 2. The van der Waals surface area contributed by atoms with Crippen molar-refractivity contribution in [2.24, 2.45) is 5.73 Å². The first kappa shape index (κ1) is 11.5. The molecule has 1 heterocycles. The predicted molar refractivity (Wildman–Crippen MR) is 61.3 cm³/mol. The molecular weight excluding hydrogens is 190 g/mol. The van der Waals surface area contributed by atoms with Crippen LogP contribution in [-0.2, 0) is 0 Å². The van der Waals surface area contributed by atoms with E-state index in [4.69, 9.17) is 5.73 Å². The van der Waals surface area contributed by atoms with Crippen molar-refractivity contribution in [3.05, 3.63) is 22.4 Å². The SMILES string of the molecule is Cc1nc(N(C)C)c(C(N)=O)c(C)c1C. The zero-order valence-electron chi connectivity index (χ0n) is 9.88. The third kappa shape index (κ3) is 1.93. The molecule has 1 rings (SSSR count). The van der Waals surface area contributed by atoms with Gasteiger partial charge >= 0.3 is 0 Å². The zero-order valence-corrected chi connectivity index (χ0v) is 9.88. The molecule has 0 unspecified atom stereocenters. The van der Waals surface area contributed by atoms with E-state index in [2.05, 4.69) is 4.98 Å². The van der Waals surface area contributed by atoms with Gasteiger partial charge in [-0.15, -0.1) is 0 Å². The number of carbonyl (C=O) groups excluding carboxylic acids is 1. The normalized spacial score (nSPS) is 10.2. The highest BCUT2D eigenvalue weighted by atomic mass is 16.1. The minimum Gasteiger partial charge on any atom is -0.365 e. The molecule has 1 aromatic rings. The topological polar surface area (TPSA) is 59.2 Å². The zero-order chi connectivity index (χ0) is 11.7. The van der Waals surface area contributed by atoms with Crippen molar-refractivity contribution in [2.45, 2.75) is 20.8 Å². The molecule has 0 saturated carbocycles. The summed E-state index contributed by atoms with van der Waals surface area (Å²) in [5.41, 5.74) is 8.75. The molecule has 0 aliphatic rings. The molecule has 0 aromatic carbocycles. The molecule has 82 valence electrons. The molecule has 0 atom stereocenters. The number of hydrogen-bond donors (Lipinski definition) is 1. The van der Waals surface area contributed by atoms with Crippen molar-refractivity contribution in [3.63, 3.8) is 0 Å². The van der Waals surface area contributed by atoms with Gasteiger partial charge in [-0.05, 0) is 31.9 Å². The van der Waals surface area contributed by atoms with Gasteiger partial charge in [0.15, 0.2) is 0 Å². The van der Waals surface area contributed by atoms with Gasteiger partial charge in [0.1, 0.15) is 5.82 Å². The Morgan fingerprint density at radius 1 is 1.20 bits per heavy atom. The summed E-state index contributed by atoms with van der Waals surface area (Å²) in [5, 5.41) is 0. The van der Waals surface area contributed by atoms with Crippen LogP contribution in [0.1, 0.15) is 27.2 Å². The van der Waals surface area contributed by atoms with Crippen LogP contribution in [0.3, 0.4) is 0 Å². The van der Waals surface area contributed by atoms with Gasteiger partial charge in [-0.25, -0.2) is 4.98 Å². The van der Waals surface area contributed by atoms with E-state index in [-0.39, 0.29) is 0 Å². The summed E-state index contributed by atoms with van der Waals surface area (Å²) < 4.78 is 0. The second-order valence-corrected chi connectivity index (χ2v) is 3.90. The molecule has 0 aliphatic heterocycles. The van der Waals surface area contributed by atoms with Crippen LogP contribution in [0.15, 0.2) is 0 Å². The monoisotopic (exact) mass is 207 g/mol. The van der Waals surface area contributed by atoms with Gasteiger partial charge in [-0.3, -0.25) is 4.79 Å². The van der Waals surface area contributed by atoms with Gasteiger partial charge in [-0.1, -0.05) is 0 Å². The molecule has 0 aliphatic carbocycles. The lowest BCUT2D eigenvalue weighted by Crippen LogP contribution is -2.22. The summed E-state index contributed by atoms with van der Waals surface area (Å²) in [6.07, 6.45) is 0. The Balaban J connectivity index is 3.58. The maximum absolute atomic E-state index is 11.4. The lowest BCUT2D eigenvalue weighted by Gasteiger charge is -2.19. The first-order chi connectivity index (χ1) is 6.86. The fourth-order valence-corrected chi connectivity index (χ4v) is 1.54. The first-order valence-corrected chi connectivity index (χ1v) is 4.81. The minimum atomic E-state index is -0.424. The van der Waals surface area contributed by atoms with E-state index in [0.717, 1.165) is 16.8 Å². The fourth-order valence-electron chi connectivity index (χ4n) is 1.54. The molecule has 15 heavy (non-hydrogen) atoms. The quantitative estimate of drug-likeness (QED) is 0.792. The highest BCUT2D eigenvalue weighted by Crippen LogP contribution is 2.23. The van der Waals surface area contributed by atoms with Gasteiger partial charge in [0.25, 0.3) is 5.91 Å². The Bertz CT molecular complexity index is 411. The average Bonchev–Trinajstić information content (AvgIpc) is 2.12. The van der Waals surface area contributed by atoms with Crippen molar-refractivity contribution in [1.82, 2.24) is 4.98 Å². The number of carbonyl (C=O) groups is 1.